The molecule has 7 heteroatoms. The van der Waals surface area contributed by atoms with Crippen molar-refractivity contribution < 1.29 is 25.2 Å². The van der Waals surface area contributed by atoms with Gasteiger partial charge in [0.1, 0.15) is 0 Å². The van der Waals surface area contributed by atoms with Crippen molar-refractivity contribution in [1.82, 2.24) is 23.8 Å². The van der Waals surface area contributed by atoms with Gasteiger partial charge in [-0.1, -0.05) is 94.3 Å². The van der Waals surface area contributed by atoms with E-state index in [4.69, 9.17) is 9.72 Å². The van der Waals surface area contributed by atoms with E-state index in [1.165, 1.54) is 0 Å². The first-order chi connectivity index (χ1) is 20.3. The molecule has 0 N–H and O–H groups in total. The van der Waals surface area contributed by atoms with Crippen LogP contribution in [0, 0.1) is 12.1 Å². The van der Waals surface area contributed by atoms with E-state index in [9.17, 15) is 0 Å². The summed E-state index contributed by atoms with van der Waals surface area (Å²) in [6.07, 6.45) is 7.64. The van der Waals surface area contributed by atoms with Crippen molar-refractivity contribution in [2.45, 2.75) is 0 Å². The van der Waals surface area contributed by atoms with Gasteiger partial charge in [0.2, 0.25) is 0 Å². The quantitative estimate of drug-likeness (QED) is 0.113. The van der Waals surface area contributed by atoms with Crippen LogP contribution >= 0.6 is 0 Å². The number of ether oxygens (including phenoxy) is 1. The second-order valence-electron chi connectivity index (χ2n) is 10.0. The molecule has 0 atom stereocenters. The van der Waals surface area contributed by atoms with Crippen LogP contribution in [0.15, 0.2) is 116 Å². The SMILES string of the molecule is [Pd+2].[c-]1c(Oc2[c-]c3c(cc2)c2ncccc2n2ccnc32)ccc2c1c1nc(-c3ccccc3)cn1c1ccccc21. The number of para-hydroxylation sites is 1. The first-order valence-corrected chi connectivity index (χ1v) is 13.4. The molecule has 0 spiro atoms. The number of pyridine rings is 3. The molecule has 0 saturated carbocycles. The van der Waals surface area contributed by atoms with E-state index < -0.39 is 0 Å². The Kier molecular flexibility index (Phi) is 5.58. The summed E-state index contributed by atoms with van der Waals surface area (Å²) in [6.45, 7) is 0. The average molecular weight is 632 g/mol. The van der Waals surface area contributed by atoms with Crippen LogP contribution in [0.3, 0.4) is 0 Å². The Hall–Kier alpha value is -5.09. The van der Waals surface area contributed by atoms with E-state index >= 15 is 0 Å². The van der Waals surface area contributed by atoms with Crippen LogP contribution in [0.1, 0.15) is 0 Å². The Balaban J connectivity index is 0.00000267. The average Bonchev–Trinajstić information content (AvgIpc) is 3.71. The van der Waals surface area contributed by atoms with Crippen molar-refractivity contribution >= 4 is 54.8 Å². The van der Waals surface area contributed by atoms with E-state index in [-0.39, 0.29) is 20.4 Å². The summed E-state index contributed by atoms with van der Waals surface area (Å²) < 4.78 is 10.6. The molecule has 0 unspecified atom stereocenters. The van der Waals surface area contributed by atoms with E-state index in [0.717, 1.165) is 66.0 Å². The molecule has 9 rings (SSSR count). The van der Waals surface area contributed by atoms with Gasteiger partial charge in [-0.25, -0.2) is 0 Å². The number of aromatic nitrogens is 5. The molecule has 0 radical (unpaired) electrons. The number of nitrogens with zero attached hydrogens (tertiary/aromatic N) is 5. The van der Waals surface area contributed by atoms with Crippen LogP contribution in [-0.4, -0.2) is 23.8 Å². The standard InChI is InChI=1S/C35H19N5O.Pd/c1-2-7-22(8-3-1)30-21-40-31-10-5-4-9-26(31)25-14-12-23(19-28(25)35(40)38-30)41-24-13-15-27-29(20-24)34-37-17-18-39(34)32-11-6-16-36-33(27)32;/h1-18,21H;/q-2;+2. The molecule has 42 heavy (non-hydrogen) atoms. The maximum absolute atomic E-state index is 6.38. The monoisotopic (exact) mass is 631 g/mol. The summed E-state index contributed by atoms with van der Waals surface area (Å²) >= 11 is 0. The van der Waals surface area contributed by atoms with Gasteiger partial charge in [0.05, 0.1) is 28.0 Å². The second-order valence-corrected chi connectivity index (χ2v) is 10.0. The molecule has 5 aromatic heterocycles. The Morgan fingerprint density at radius 3 is 2.19 bits per heavy atom. The van der Waals surface area contributed by atoms with Gasteiger partial charge in [-0.2, -0.15) is 0 Å². The molecule has 0 aliphatic rings. The molecule has 200 valence electrons. The zero-order valence-corrected chi connectivity index (χ0v) is 23.5. The molecule has 6 nitrogen and oxygen atoms in total. The summed E-state index contributed by atoms with van der Waals surface area (Å²) in [6, 6.07) is 37.6. The van der Waals surface area contributed by atoms with Crippen molar-refractivity contribution in [3.63, 3.8) is 0 Å². The Morgan fingerprint density at radius 2 is 1.33 bits per heavy atom. The molecule has 0 aliphatic heterocycles. The van der Waals surface area contributed by atoms with Crippen molar-refractivity contribution in [3.8, 4) is 22.8 Å². The zero-order chi connectivity index (χ0) is 26.9. The zero-order valence-electron chi connectivity index (χ0n) is 21.9. The number of fused-ring (bicyclic) bond motifs is 12. The van der Waals surface area contributed by atoms with Crippen molar-refractivity contribution in [1.29, 1.82) is 0 Å². The Morgan fingerprint density at radius 1 is 0.595 bits per heavy atom. The first kappa shape index (κ1) is 24.7. The first-order valence-electron chi connectivity index (χ1n) is 13.4. The summed E-state index contributed by atoms with van der Waals surface area (Å²) in [5, 5.41) is 4.94. The minimum atomic E-state index is 0. The maximum Gasteiger partial charge on any atom is 2.00 e. The molecule has 0 aliphatic carbocycles. The van der Waals surface area contributed by atoms with E-state index in [1.807, 2.05) is 65.3 Å². The number of hydrogen-bond donors (Lipinski definition) is 0. The predicted molar refractivity (Wildman–Crippen MR) is 161 cm³/mol. The predicted octanol–water partition coefficient (Wildman–Crippen LogP) is 8.05. The van der Waals surface area contributed by atoms with Gasteiger partial charge in [0.15, 0.2) is 0 Å². The van der Waals surface area contributed by atoms with Gasteiger partial charge in [-0.15, -0.1) is 12.1 Å². The van der Waals surface area contributed by atoms with E-state index in [2.05, 4.69) is 75.2 Å². The number of imidazole rings is 2. The normalized spacial score (nSPS) is 11.6. The van der Waals surface area contributed by atoms with Gasteiger partial charge in [0, 0.05) is 47.4 Å². The molecule has 5 heterocycles. The van der Waals surface area contributed by atoms with Gasteiger partial charge in [-0.05, 0) is 23.6 Å². The van der Waals surface area contributed by atoms with Crippen molar-refractivity contribution in [2.75, 3.05) is 0 Å². The Bertz CT molecular complexity index is 2460. The number of hydrogen-bond acceptors (Lipinski definition) is 4. The van der Waals surface area contributed by atoms with Crippen molar-refractivity contribution in [3.05, 3.63) is 128 Å². The molecule has 0 amide bonds. The largest absolute Gasteiger partial charge is 2.00 e. The topological polar surface area (TPSA) is 56.7 Å². The third-order valence-electron chi connectivity index (χ3n) is 7.68. The fourth-order valence-corrected chi connectivity index (χ4v) is 5.84. The minimum absolute atomic E-state index is 0. The molecule has 9 aromatic rings. The van der Waals surface area contributed by atoms with Crippen LogP contribution in [0.2, 0.25) is 0 Å². The molecule has 0 saturated heterocycles. The van der Waals surface area contributed by atoms with Gasteiger partial charge in [-0.3, -0.25) is 15.0 Å². The fraction of sp³-hybridized carbons (Fsp3) is 0. The van der Waals surface area contributed by atoms with Crippen LogP contribution < -0.4 is 4.74 Å². The number of benzene rings is 4. The molecular formula is C35H19N5OPd. The van der Waals surface area contributed by atoms with Gasteiger partial charge >= 0.3 is 20.4 Å². The third kappa shape index (κ3) is 3.65. The van der Waals surface area contributed by atoms with Crippen LogP contribution in [-0.2, 0) is 20.4 Å². The summed E-state index contributed by atoms with van der Waals surface area (Å²) in [7, 11) is 0. The van der Waals surface area contributed by atoms with Gasteiger partial charge in [0.25, 0.3) is 0 Å². The number of rotatable bonds is 3. The second kappa shape index (κ2) is 9.49. The smallest absolute Gasteiger partial charge is 0.497 e. The molecule has 4 aromatic carbocycles. The fourth-order valence-electron chi connectivity index (χ4n) is 5.84. The third-order valence-corrected chi connectivity index (χ3v) is 7.68. The molecule has 0 fully saturated rings. The van der Waals surface area contributed by atoms with Crippen LogP contribution in [0.5, 0.6) is 11.5 Å². The van der Waals surface area contributed by atoms with E-state index in [1.54, 1.807) is 6.20 Å². The Labute approximate surface area is 253 Å². The summed E-state index contributed by atoms with van der Waals surface area (Å²) in [4.78, 5) is 14.3. The van der Waals surface area contributed by atoms with Crippen LogP contribution in [0.4, 0.5) is 0 Å². The summed E-state index contributed by atoms with van der Waals surface area (Å²) in [5.41, 5.74) is 6.63. The van der Waals surface area contributed by atoms with Crippen LogP contribution in [0.25, 0.3) is 66.0 Å². The minimum Gasteiger partial charge on any atom is -0.497 e. The summed E-state index contributed by atoms with van der Waals surface area (Å²) in [5.74, 6) is 1.17. The molecule has 0 bridgehead atoms. The maximum atomic E-state index is 6.38. The molecular weight excluding hydrogens is 613 g/mol. The van der Waals surface area contributed by atoms with Gasteiger partial charge < -0.3 is 13.5 Å². The van der Waals surface area contributed by atoms with Crippen molar-refractivity contribution in [2.24, 2.45) is 0 Å². The van der Waals surface area contributed by atoms with E-state index in [0.29, 0.717) is 11.5 Å².